The molecule has 2 aliphatic rings. The van der Waals surface area contributed by atoms with Gasteiger partial charge in [0.05, 0.1) is 50.2 Å². The van der Waals surface area contributed by atoms with E-state index in [0.29, 0.717) is 25.7 Å². The minimum absolute atomic E-state index is 0.112. The number of rotatable bonds is 40. The van der Waals surface area contributed by atoms with E-state index in [1.807, 2.05) is 0 Å². The first-order valence-electron chi connectivity index (χ1n) is 29.1. The summed E-state index contributed by atoms with van der Waals surface area (Å²) >= 11 is 0. The minimum atomic E-state index is -1.46. The largest absolute Gasteiger partial charge is 0.550 e. The van der Waals surface area contributed by atoms with Crippen molar-refractivity contribution in [1.82, 2.24) is 0 Å². The van der Waals surface area contributed by atoms with E-state index in [0.717, 1.165) is 135 Å². The van der Waals surface area contributed by atoms with Gasteiger partial charge in [-0.15, -0.1) is 0 Å². The highest BCUT2D eigenvalue weighted by molar-refractivity contribution is 5.72. The van der Waals surface area contributed by atoms with E-state index in [4.69, 9.17) is 28.4 Å². The molecule has 2 saturated heterocycles. The van der Waals surface area contributed by atoms with Crippen LogP contribution in [0.5, 0.6) is 0 Å². The van der Waals surface area contributed by atoms with Crippen LogP contribution in [0.2, 0.25) is 0 Å². The summed E-state index contributed by atoms with van der Waals surface area (Å²) in [5.74, 6) is -3.41. The molecule has 0 aromatic heterocycles. The molecule has 14 atom stereocenters. The van der Waals surface area contributed by atoms with Gasteiger partial charge < -0.3 is 79.8 Å². The number of aliphatic hydroxyl groups is 6. The van der Waals surface area contributed by atoms with Gasteiger partial charge in [-0.3, -0.25) is 14.4 Å². The van der Waals surface area contributed by atoms with Crippen LogP contribution < -0.4 is 10.8 Å². The molecule has 75 heavy (non-hydrogen) atoms. The van der Waals surface area contributed by atoms with Crippen LogP contribution in [0, 0.1) is 0 Å². The molecule has 0 aliphatic carbocycles. The number of hydrogen-bond acceptors (Lipinski definition) is 17. The zero-order valence-electron chi connectivity index (χ0n) is 47.3. The van der Waals surface area contributed by atoms with Crippen LogP contribution in [-0.2, 0) is 47.6 Å². The predicted octanol–water partition coefficient (Wildman–Crippen LogP) is 6.09. The standard InChI is InChI=1S/2C26H48O9.C4H11N/c2*1-4-6-8-10-12-14-19(16-21(27)28)34-22(29)17-20(15-13-11-9-7-5-2)35-26-25(32)24(31)23(30)18(3)33-26;1-2-3-4-5/h2*18-20,23-26,30-32H,4-17H2,1-3H3,(H,27,28);2-5H2,1H3/t2*18?,19-,20-,23?,24?,25?,26?;/m11./s1. The average Bonchev–Trinajstić information content (AvgIpc) is 3.35. The Hall–Kier alpha value is -2.56. The lowest BCUT2D eigenvalue weighted by Gasteiger charge is -2.40. The number of carboxylic acid groups (broad SMARTS) is 2. The Morgan fingerprint density at radius 2 is 0.747 bits per heavy atom. The molecule has 0 aromatic rings. The number of unbranched alkanes of at least 4 members (excludes halogenated alkanes) is 17. The van der Waals surface area contributed by atoms with Crippen molar-refractivity contribution >= 4 is 23.9 Å². The summed E-state index contributed by atoms with van der Waals surface area (Å²) in [5, 5.41) is 81.0. The Bertz CT molecular complexity index is 1330. The molecule has 19 heteroatoms. The van der Waals surface area contributed by atoms with Crippen molar-refractivity contribution in [2.24, 2.45) is 0 Å². The van der Waals surface area contributed by atoms with Gasteiger partial charge in [0.25, 0.3) is 0 Å². The third kappa shape index (κ3) is 34.8. The topological polar surface area (TPSA) is 316 Å². The van der Waals surface area contributed by atoms with Crippen LogP contribution >= 0.6 is 0 Å². The highest BCUT2D eigenvalue weighted by Gasteiger charge is 2.45. The summed E-state index contributed by atoms with van der Waals surface area (Å²) in [4.78, 5) is 47.8. The van der Waals surface area contributed by atoms with Crippen LogP contribution in [0.15, 0.2) is 0 Å². The zero-order valence-corrected chi connectivity index (χ0v) is 47.3. The van der Waals surface area contributed by atoms with Crippen LogP contribution in [-0.4, -0.2) is 152 Å². The van der Waals surface area contributed by atoms with Gasteiger partial charge in [-0.25, -0.2) is 0 Å². The molecular weight excluding hydrogens is 975 g/mol. The molecule has 2 aliphatic heterocycles. The van der Waals surface area contributed by atoms with Gasteiger partial charge in [-0.1, -0.05) is 157 Å². The number of ether oxygens (including phenoxy) is 6. The summed E-state index contributed by atoms with van der Waals surface area (Å²) < 4.78 is 33.9. The van der Waals surface area contributed by atoms with E-state index in [2.05, 4.69) is 40.4 Å². The van der Waals surface area contributed by atoms with Crippen molar-refractivity contribution in [1.29, 1.82) is 0 Å². The third-order valence-electron chi connectivity index (χ3n) is 13.6. The van der Waals surface area contributed by atoms with E-state index < -0.39 is 110 Å². The van der Waals surface area contributed by atoms with Crippen LogP contribution in [0.3, 0.4) is 0 Å². The molecule has 19 nitrogen and oxygen atoms in total. The van der Waals surface area contributed by atoms with E-state index in [1.165, 1.54) is 12.8 Å². The van der Waals surface area contributed by atoms with Crippen molar-refractivity contribution in [2.45, 2.75) is 327 Å². The van der Waals surface area contributed by atoms with Gasteiger partial charge in [0.15, 0.2) is 12.6 Å². The maximum atomic E-state index is 12.7. The number of hydrogen-bond donors (Lipinski definition) is 8. The van der Waals surface area contributed by atoms with Gasteiger partial charge in [-0.2, -0.15) is 0 Å². The molecule has 444 valence electrons. The predicted molar refractivity (Wildman–Crippen MR) is 281 cm³/mol. The van der Waals surface area contributed by atoms with Crippen molar-refractivity contribution in [3.63, 3.8) is 0 Å². The molecule has 0 saturated carbocycles. The Labute approximate surface area is 450 Å². The lowest BCUT2D eigenvalue weighted by Crippen LogP contribution is -2.58. The first-order chi connectivity index (χ1) is 35.8. The Kier molecular flexibility index (Phi) is 43.8. The molecule has 10 unspecified atom stereocenters. The van der Waals surface area contributed by atoms with Crippen molar-refractivity contribution in [3.05, 3.63) is 0 Å². The van der Waals surface area contributed by atoms with Gasteiger partial charge in [0.1, 0.15) is 48.8 Å². The quantitative estimate of drug-likeness (QED) is 0.0254. The van der Waals surface area contributed by atoms with E-state index in [-0.39, 0.29) is 25.7 Å². The summed E-state index contributed by atoms with van der Waals surface area (Å²) in [5.41, 5.74) is 3.68. The lowest BCUT2D eigenvalue weighted by atomic mass is 9.99. The van der Waals surface area contributed by atoms with Crippen molar-refractivity contribution < 1.29 is 94.2 Å². The normalized spacial score (nSPS) is 25.1. The molecule has 0 radical (unpaired) electrons. The summed E-state index contributed by atoms with van der Waals surface area (Å²) in [6.45, 7) is 14.9. The minimum Gasteiger partial charge on any atom is -0.550 e. The second-order valence-corrected chi connectivity index (χ2v) is 20.7. The Balaban J connectivity index is 0.00000134. The fraction of sp³-hybridized carbons (Fsp3) is 0.929. The molecule has 0 aromatic carbocycles. The SMILES string of the molecule is CCCCCCC[C@H](CC(=O)O)OC(=O)C[C@@H](CCCCCCC)OC1OC(C)C(O)C(O)C1O.CCCCCCC[C@H](CC(=O)[O-])OC(=O)C[C@@H](CCCCCCC)OC1OC(C)C(O)C(O)C1O.CCCC[NH3+]. The summed E-state index contributed by atoms with van der Waals surface area (Å²) in [7, 11) is 0. The molecule has 2 rings (SSSR count). The number of esters is 2. The molecule has 0 spiro atoms. The molecule has 2 heterocycles. The maximum absolute atomic E-state index is 12.7. The number of carbonyl (C=O) groups is 4. The van der Waals surface area contributed by atoms with Crippen molar-refractivity contribution in [2.75, 3.05) is 6.54 Å². The second-order valence-electron chi connectivity index (χ2n) is 20.7. The molecule has 10 N–H and O–H groups in total. The van der Waals surface area contributed by atoms with Crippen LogP contribution in [0.25, 0.3) is 0 Å². The van der Waals surface area contributed by atoms with E-state index in [1.54, 1.807) is 13.8 Å². The van der Waals surface area contributed by atoms with Gasteiger partial charge >= 0.3 is 17.9 Å². The number of aliphatic carboxylic acids is 2. The monoisotopic (exact) mass is 1080 g/mol. The Morgan fingerprint density at radius 3 is 1.03 bits per heavy atom. The maximum Gasteiger partial charge on any atom is 0.308 e. The first-order valence-corrected chi connectivity index (χ1v) is 29.1. The molecule has 2 fully saturated rings. The highest BCUT2D eigenvalue weighted by atomic mass is 16.7. The van der Waals surface area contributed by atoms with Gasteiger partial charge in [0.2, 0.25) is 0 Å². The zero-order chi connectivity index (χ0) is 56.6. The van der Waals surface area contributed by atoms with Crippen LogP contribution in [0.1, 0.15) is 241 Å². The van der Waals surface area contributed by atoms with Gasteiger partial charge in [-0.05, 0) is 58.8 Å². The average molecular weight is 1080 g/mol. The van der Waals surface area contributed by atoms with Crippen molar-refractivity contribution in [3.8, 4) is 0 Å². The lowest BCUT2D eigenvalue weighted by molar-refractivity contribution is -0.368. The second kappa shape index (κ2) is 45.3. The summed E-state index contributed by atoms with van der Waals surface area (Å²) in [6, 6.07) is 0. The van der Waals surface area contributed by atoms with E-state index in [9.17, 15) is 60.0 Å². The first kappa shape index (κ1) is 72.4. The summed E-state index contributed by atoms with van der Waals surface area (Å²) in [6.07, 6.45) is 8.98. The third-order valence-corrected chi connectivity index (χ3v) is 13.6. The number of quaternary nitrogens is 1. The molecule has 0 bridgehead atoms. The Morgan fingerprint density at radius 1 is 0.440 bits per heavy atom. The van der Waals surface area contributed by atoms with Crippen LogP contribution in [0.4, 0.5) is 0 Å². The van der Waals surface area contributed by atoms with E-state index >= 15 is 0 Å². The number of aliphatic hydroxyl groups excluding tert-OH is 6. The fourth-order valence-corrected chi connectivity index (χ4v) is 8.85. The number of carbonyl (C=O) groups excluding carboxylic acids is 3. The number of carboxylic acids is 2. The molecular formula is C56H107NO18. The fourth-order valence-electron chi connectivity index (χ4n) is 8.85. The van der Waals surface area contributed by atoms with Gasteiger partial charge in [0, 0.05) is 12.4 Å². The smallest absolute Gasteiger partial charge is 0.308 e. The molecule has 0 amide bonds. The highest BCUT2D eigenvalue weighted by Crippen LogP contribution is 2.28.